The van der Waals surface area contributed by atoms with Gasteiger partial charge in [0.1, 0.15) is 5.82 Å². The summed E-state index contributed by atoms with van der Waals surface area (Å²) in [6.07, 6.45) is 2.72. The molecule has 0 bridgehead atoms. The molecule has 0 amide bonds. The highest BCUT2D eigenvalue weighted by molar-refractivity contribution is 5.85. The van der Waals surface area contributed by atoms with Crippen molar-refractivity contribution in [3.8, 4) is 0 Å². The average Bonchev–Trinajstić information content (AvgIpc) is 2.96. The number of nitrogens with zero attached hydrogens (tertiary/aromatic N) is 1. The second-order valence-electron chi connectivity index (χ2n) is 5.20. The summed E-state index contributed by atoms with van der Waals surface area (Å²) in [6.45, 7) is 2.10. The van der Waals surface area contributed by atoms with Gasteiger partial charge in [-0.25, -0.2) is 9.78 Å². The zero-order chi connectivity index (χ0) is 15.5. The molecule has 3 rings (SSSR count). The van der Waals surface area contributed by atoms with Crippen molar-refractivity contribution in [1.82, 2.24) is 9.97 Å². The molecule has 2 aromatic carbocycles. The maximum atomic E-state index is 10.5. The normalized spacial score (nSPS) is 12.8. The second kappa shape index (κ2) is 5.85. The molecule has 0 fully saturated rings. The molecule has 0 radical (unpaired) electrons. The van der Waals surface area contributed by atoms with Crippen molar-refractivity contribution in [2.45, 2.75) is 12.8 Å². The highest BCUT2D eigenvalue weighted by Crippen LogP contribution is 2.24. The Morgan fingerprint density at radius 1 is 1.18 bits per heavy atom. The molecule has 4 heteroatoms. The van der Waals surface area contributed by atoms with Crippen LogP contribution in [0.3, 0.4) is 0 Å². The van der Waals surface area contributed by atoms with Crippen LogP contribution in [-0.4, -0.2) is 21.0 Å². The molecule has 22 heavy (non-hydrogen) atoms. The molecule has 0 spiro atoms. The van der Waals surface area contributed by atoms with E-state index in [2.05, 4.69) is 16.9 Å². The van der Waals surface area contributed by atoms with Gasteiger partial charge in [-0.05, 0) is 29.3 Å². The number of carbonyl (C=O) groups is 1. The number of para-hydroxylation sites is 2. The van der Waals surface area contributed by atoms with Gasteiger partial charge in [0.05, 0.1) is 11.0 Å². The zero-order valence-corrected chi connectivity index (χ0v) is 12.2. The zero-order valence-electron chi connectivity index (χ0n) is 12.2. The van der Waals surface area contributed by atoms with Crippen molar-refractivity contribution in [2.75, 3.05) is 0 Å². The Morgan fingerprint density at radius 2 is 1.91 bits per heavy atom. The number of benzene rings is 2. The molecule has 1 aromatic heterocycles. The average molecular weight is 292 g/mol. The molecule has 1 atom stereocenters. The van der Waals surface area contributed by atoms with Gasteiger partial charge in [0.2, 0.25) is 0 Å². The molecule has 110 valence electrons. The summed E-state index contributed by atoms with van der Waals surface area (Å²) in [4.78, 5) is 18.5. The standard InChI is InChI=1S/C18H16N2O2/c1-12(18-19-15-4-2-3-5-16(15)20-18)14-9-6-13(7-10-14)8-11-17(21)22/h2-12H,1H3,(H,19,20)(H,21,22)/b11-8+/t12-/m0/s1. The third kappa shape index (κ3) is 2.91. The van der Waals surface area contributed by atoms with Crippen LogP contribution in [0, 0.1) is 0 Å². The van der Waals surface area contributed by atoms with Crippen molar-refractivity contribution >= 4 is 23.1 Å². The maximum Gasteiger partial charge on any atom is 0.328 e. The Bertz CT molecular complexity index is 799. The van der Waals surface area contributed by atoms with Gasteiger partial charge < -0.3 is 10.1 Å². The highest BCUT2D eigenvalue weighted by atomic mass is 16.4. The van der Waals surface area contributed by atoms with E-state index in [-0.39, 0.29) is 5.92 Å². The fraction of sp³-hybridized carbons (Fsp3) is 0.111. The van der Waals surface area contributed by atoms with E-state index in [9.17, 15) is 4.79 Å². The maximum absolute atomic E-state index is 10.5. The van der Waals surface area contributed by atoms with Crippen LogP contribution in [0.5, 0.6) is 0 Å². The minimum atomic E-state index is -0.945. The number of aromatic nitrogens is 2. The fourth-order valence-electron chi connectivity index (χ4n) is 2.40. The molecule has 0 saturated heterocycles. The molecule has 2 N–H and O–H groups in total. The number of H-pyrrole nitrogens is 1. The van der Waals surface area contributed by atoms with Gasteiger partial charge in [-0.2, -0.15) is 0 Å². The number of imidazole rings is 1. The van der Waals surface area contributed by atoms with Crippen molar-refractivity contribution in [3.63, 3.8) is 0 Å². The van der Waals surface area contributed by atoms with Crippen molar-refractivity contribution in [2.24, 2.45) is 0 Å². The van der Waals surface area contributed by atoms with Crippen molar-refractivity contribution < 1.29 is 9.90 Å². The van der Waals surface area contributed by atoms with Gasteiger partial charge in [-0.1, -0.05) is 43.3 Å². The first kappa shape index (κ1) is 14.1. The number of carboxylic acids is 1. The molecular weight excluding hydrogens is 276 g/mol. The summed E-state index contributed by atoms with van der Waals surface area (Å²) < 4.78 is 0. The van der Waals surface area contributed by atoms with E-state index in [0.29, 0.717) is 0 Å². The van der Waals surface area contributed by atoms with E-state index in [0.717, 1.165) is 34.1 Å². The van der Waals surface area contributed by atoms with Gasteiger partial charge in [0, 0.05) is 12.0 Å². The van der Waals surface area contributed by atoms with Gasteiger partial charge >= 0.3 is 5.97 Å². The van der Waals surface area contributed by atoms with Gasteiger partial charge in [0.15, 0.2) is 0 Å². The Balaban J connectivity index is 1.85. The monoisotopic (exact) mass is 292 g/mol. The fourth-order valence-corrected chi connectivity index (χ4v) is 2.40. The molecule has 1 heterocycles. The molecule has 0 aliphatic carbocycles. The first-order chi connectivity index (χ1) is 10.6. The molecular formula is C18H16N2O2. The van der Waals surface area contributed by atoms with E-state index < -0.39 is 5.97 Å². The first-order valence-electron chi connectivity index (χ1n) is 7.09. The quantitative estimate of drug-likeness (QED) is 0.718. The van der Waals surface area contributed by atoms with Crippen LogP contribution >= 0.6 is 0 Å². The topological polar surface area (TPSA) is 66.0 Å². The van der Waals surface area contributed by atoms with Crippen molar-refractivity contribution in [3.05, 3.63) is 71.6 Å². The minimum absolute atomic E-state index is 0.143. The molecule has 4 nitrogen and oxygen atoms in total. The number of hydrogen-bond donors (Lipinski definition) is 2. The van der Waals surface area contributed by atoms with Crippen LogP contribution in [0.1, 0.15) is 29.8 Å². The van der Waals surface area contributed by atoms with Gasteiger partial charge in [0.25, 0.3) is 0 Å². The Morgan fingerprint density at radius 3 is 2.59 bits per heavy atom. The summed E-state index contributed by atoms with van der Waals surface area (Å²) in [7, 11) is 0. The van der Waals surface area contributed by atoms with Crippen LogP contribution < -0.4 is 0 Å². The van der Waals surface area contributed by atoms with Gasteiger partial charge in [-0.15, -0.1) is 0 Å². The van der Waals surface area contributed by atoms with E-state index in [1.807, 2.05) is 48.5 Å². The lowest BCUT2D eigenvalue weighted by molar-refractivity contribution is -0.131. The number of carboxylic acid groups (broad SMARTS) is 1. The minimum Gasteiger partial charge on any atom is -0.478 e. The van der Waals surface area contributed by atoms with Crippen LogP contribution in [-0.2, 0) is 4.79 Å². The second-order valence-corrected chi connectivity index (χ2v) is 5.20. The van der Waals surface area contributed by atoms with Gasteiger partial charge in [-0.3, -0.25) is 0 Å². The predicted molar refractivity (Wildman–Crippen MR) is 86.7 cm³/mol. The van der Waals surface area contributed by atoms with E-state index >= 15 is 0 Å². The number of aliphatic carboxylic acids is 1. The first-order valence-corrected chi connectivity index (χ1v) is 7.09. The number of fused-ring (bicyclic) bond motifs is 1. The predicted octanol–water partition coefficient (Wildman–Crippen LogP) is 3.81. The third-order valence-electron chi connectivity index (χ3n) is 3.67. The number of nitrogens with one attached hydrogen (secondary N) is 1. The largest absolute Gasteiger partial charge is 0.478 e. The summed E-state index contributed by atoms with van der Waals surface area (Å²) >= 11 is 0. The summed E-state index contributed by atoms with van der Waals surface area (Å²) in [5, 5.41) is 8.64. The lowest BCUT2D eigenvalue weighted by atomic mass is 9.99. The molecule has 0 aliphatic rings. The van der Waals surface area contributed by atoms with Crippen LogP contribution in [0.15, 0.2) is 54.6 Å². The smallest absolute Gasteiger partial charge is 0.328 e. The lowest BCUT2D eigenvalue weighted by Crippen LogP contribution is -1.98. The summed E-state index contributed by atoms with van der Waals surface area (Å²) in [5.41, 5.74) is 3.99. The van der Waals surface area contributed by atoms with Crippen LogP contribution in [0.4, 0.5) is 0 Å². The number of aromatic amines is 1. The summed E-state index contributed by atoms with van der Waals surface area (Å²) in [5.74, 6) is 0.125. The molecule has 0 aliphatic heterocycles. The lowest BCUT2D eigenvalue weighted by Gasteiger charge is -2.09. The van der Waals surface area contributed by atoms with E-state index in [4.69, 9.17) is 5.11 Å². The van der Waals surface area contributed by atoms with E-state index in [1.165, 1.54) is 0 Å². The highest BCUT2D eigenvalue weighted by Gasteiger charge is 2.12. The number of hydrogen-bond acceptors (Lipinski definition) is 2. The SMILES string of the molecule is C[C@@H](c1ccc(/C=C/C(=O)O)cc1)c1nc2ccccc2[nH]1. The Labute approximate surface area is 128 Å². The van der Waals surface area contributed by atoms with E-state index in [1.54, 1.807) is 6.08 Å². The molecule has 0 saturated carbocycles. The van der Waals surface area contributed by atoms with Crippen molar-refractivity contribution in [1.29, 1.82) is 0 Å². The molecule has 3 aromatic rings. The molecule has 0 unspecified atom stereocenters. The third-order valence-corrected chi connectivity index (χ3v) is 3.67. The number of rotatable bonds is 4. The van der Waals surface area contributed by atoms with Crippen LogP contribution in [0.2, 0.25) is 0 Å². The summed E-state index contributed by atoms with van der Waals surface area (Å²) in [6, 6.07) is 15.8. The van der Waals surface area contributed by atoms with Crippen LogP contribution in [0.25, 0.3) is 17.1 Å². The Hall–Kier alpha value is -2.88. The Kier molecular flexibility index (Phi) is 3.74.